The van der Waals surface area contributed by atoms with Crippen molar-refractivity contribution < 1.29 is 22.7 Å². The summed E-state index contributed by atoms with van der Waals surface area (Å²) in [6, 6.07) is -1.27. The van der Waals surface area contributed by atoms with Gasteiger partial charge in [-0.1, -0.05) is 0 Å². The van der Waals surface area contributed by atoms with Crippen LogP contribution in [0.15, 0.2) is 11.6 Å². The number of morpholine rings is 1. The van der Waals surface area contributed by atoms with E-state index in [0.717, 1.165) is 4.90 Å². The van der Waals surface area contributed by atoms with Gasteiger partial charge in [-0.3, -0.25) is 9.69 Å². The van der Waals surface area contributed by atoms with Crippen LogP contribution in [0.5, 0.6) is 0 Å². The highest BCUT2D eigenvalue weighted by atomic mass is 32.1. The van der Waals surface area contributed by atoms with Gasteiger partial charge in [-0.05, 0) is 6.92 Å². The third-order valence-electron chi connectivity index (χ3n) is 3.10. The van der Waals surface area contributed by atoms with Gasteiger partial charge in [0.25, 0.3) is 0 Å². The molecule has 2 heterocycles. The lowest BCUT2D eigenvalue weighted by atomic mass is 10.2. The Morgan fingerprint density at radius 2 is 2.43 bits per heavy atom. The summed E-state index contributed by atoms with van der Waals surface area (Å²) in [6.45, 7) is 0.881. The van der Waals surface area contributed by atoms with E-state index in [2.05, 4.69) is 10.3 Å². The number of nitrogens with zero attached hydrogens (tertiary/aromatic N) is 2. The summed E-state index contributed by atoms with van der Waals surface area (Å²) in [7, 11) is 0. The van der Waals surface area contributed by atoms with Crippen LogP contribution in [0.2, 0.25) is 0 Å². The first-order valence-electron chi connectivity index (χ1n) is 6.45. The minimum atomic E-state index is -4.34. The average molecular weight is 323 g/mol. The van der Waals surface area contributed by atoms with E-state index in [0.29, 0.717) is 5.01 Å². The Labute approximate surface area is 124 Å². The van der Waals surface area contributed by atoms with Crippen LogP contribution in [0.25, 0.3) is 0 Å². The lowest BCUT2D eigenvalue weighted by Gasteiger charge is -2.35. The van der Waals surface area contributed by atoms with E-state index in [9.17, 15) is 18.0 Å². The maximum Gasteiger partial charge on any atom is 0.401 e. The largest absolute Gasteiger partial charge is 0.401 e. The summed E-state index contributed by atoms with van der Waals surface area (Å²) in [5.41, 5.74) is 0. The van der Waals surface area contributed by atoms with Gasteiger partial charge in [0.15, 0.2) is 0 Å². The Balaban J connectivity index is 1.98. The zero-order valence-corrected chi connectivity index (χ0v) is 12.2. The number of alkyl halides is 3. The van der Waals surface area contributed by atoms with Crippen molar-refractivity contribution in [3.8, 4) is 0 Å². The lowest BCUT2D eigenvalue weighted by molar-refractivity contribution is -0.167. The highest BCUT2D eigenvalue weighted by Crippen LogP contribution is 2.21. The number of hydrogen-bond donors (Lipinski definition) is 1. The summed E-state index contributed by atoms with van der Waals surface area (Å²) >= 11 is 1.38. The fourth-order valence-electron chi connectivity index (χ4n) is 2.12. The van der Waals surface area contributed by atoms with E-state index in [-0.39, 0.29) is 25.8 Å². The number of ether oxygens (including phenoxy) is 1. The highest BCUT2D eigenvalue weighted by molar-refractivity contribution is 7.09. The van der Waals surface area contributed by atoms with E-state index < -0.39 is 24.7 Å². The summed E-state index contributed by atoms with van der Waals surface area (Å²) in [4.78, 5) is 17.4. The predicted molar refractivity (Wildman–Crippen MR) is 70.9 cm³/mol. The van der Waals surface area contributed by atoms with Crippen molar-refractivity contribution in [1.29, 1.82) is 0 Å². The molecule has 0 aromatic carbocycles. The minimum Gasteiger partial charge on any atom is -0.378 e. The molecule has 118 valence electrons. The zero-order chi connectivity index (χ0) is 15.5. The van der Waals surface area contributed by atoms with Gasteiger partial charge in [0.05, 0.1) is 25.8 Å². The standard InChI is InChI=1S/C12H16F3N3O2S/c1-8(11-16-2-5-21-11)17-10(19)9-6-20-4-3-18(9)7-12(13,14)15/h2,5,8-9H,3-4,6-7H2,1H3,(H,17,19)/t8-,9+/m0/s1. The Bertz CT molecular complexity index is 467. The van der Waals surface area contributed by atoms with E-state index in [1.54, 1.807) is 18.5 Å². The minimum absolute atomic E-state index is 0.0352. The average Bonchev–Trinajstić information content (AvgIpc) is 2.91. The molecular weight excluding hydrogens is 307 g/mol. The fraction of sp³-hybridized carbons (Fsp3) is 0.667. The number of hydrogen-bond acceptors (Lipinski definition) is 5. The molecule has 2 atom stereocenters. The Morgan fingerprint density at radius 3 is 3.05 bits per heavy atom. The molecule has 1 aliphatic rings. The third-order valence-corrected chi connectivity index (χ3v) is 4.06. The molecule has 0 spiro atoms. The quantitative estimate of drug-likeness (QED) is 0.914. The smallest absolute Gasteiger partial charge is 0.378 e. The van der Waals surface area contributed by atoms with Crippen LogP contribution < -0.4 is 5.32 Å². The van der Waals surface area contributed by atoms with Gasteiger partial charge in [0.1, 0.15) is 11.0 Å². The molecule has 1 amide bonds. The number of amides is 1. The second-order valence-corrected chi connectivity index (χ2v) is 5.70. The van der Waals surface area contributed by atoms with Gasteiger partial charge in [-0.15, -0.1) is 11.3 Å². The zero-order valence-electron chi connectivity index (χ0n) is 11.4. The number of carbonyl (C=O) groups is 1. The topological polar surface area (TPSA) is 54.5 Å². The van der Waals surface area contributed by atoms with Crippen molar-refractivity contribution >= 4 is 17.2 Å². The summed E-state index contributed by atoms with van der Waals surface area (Å²) in [5.74, 6) is -0.471. The molecule has 9 heteroatoms. The molecule has 1 aliphatic heterocycles. The molecule has 0 aliphatic carbocycles. The monoisotopic (exact) mass is 323 g/mol. The SMILES string of the molecule is C[C@H](NC(=O)[C@H]1COCCN1CC(F)(F)F)c1nccs1. The normalized spacial score (nSPS) is 22.0. The maximum atomic E-state index is 12.5. The van der Waals surface area contributed by atoms with Crippen molar-refractivity contribution in [2.45, 2.75) is 25.2 Å². The van der Waals surface area contributed by atoms with Gasteiger partial charge < -0.3 is 10.1 Å². The number of aromatic nitrogens is 1. The predicted octanol–water partition coefficient (Wildman–Crippen LogP) is 1.58. The lowest BCUT2D eigenvalue weighted by Crippen LogP contribution is -2.56. The van der Waals surface area contributed by atoms with Crippen LogP contribution in [0.4, 0.5) is 13.2 Å². The van der Waals surface area contributed by atoms with Crippen molar-refractivity contribution in [2.75, 3.05) is 26.3 Å². The Morgan fingerprint density at radius 1 is 1.67 bits per heavy atom. The number of carbonyl (C=O) groups excluding carboxylic acids is 1. The number of rotatable bonds is 4. The molecule has 1 saturated heterocycles. The first-order chi connectivity index (χ1) is 9.87. The van der Waals surface area contributed by atoms with Crippen LogP contribution >= 0.6 is 11.3 Å². The Kier molecular flexibility index (Phi) is 5.17. The molecule has 0 radical (unpaired) electrons. The van der Waals surface area contributed by atoms with Gasteiger partial charge in [-0.25, -0.2) is 4.98 Å². The van der Waals surface area contributed by atoms with Crippen LogP contribution in [0.3, 0.4) is 0 Å². The number of thiazole rings is 1. The van der Waals surface area contributed by atoms with Gasteiger partial charge in [-0.2, -0.15) is 13.2 Å². The number of nitrogens with one attached hydrogen (secondary N) is 1. The molecule has 1 fully saturated rings. The number of halogens is 3. The molecule has 0 bridgehead atoms. The maximum absolute atomic E-state index is 12.5. The molecule has 21 heavy (non-hydrogen) atoms. The van der Waals surface area contributed by atoms with E-state index in [1.807, 2.05) is 0 Å². The molecule has 1 N–H and O–H groups in total. The first-order valence-corrected chi connectivity index (χ1v) is 7.33. The fourth-order valence-corrected chi connectivity index (χ4v) is 2.76. The van der Waals surface area contributed by atoms with E-state index in [1.165, 1.54) is 11.3 Å². The molecule has 1 aromatic rings. The van der Waals surface area contributed by atoms with E-state index in [4.69, 9.17) is 4.74 Å². The van der Waals surface area contributed by atoms with Crippen LogP contribution in [-0.2, 0) is 9.53 Å². The van der Waals surface area contributed by atoms with Gasteiger partial charge >= 0.3 is 6.18 Å². The summed E-state index contributed by atoms with van der Waals surface area (Å²) in [6.07, 6.45) is -2.72. The molecule has 1 aromatic heterocycles. The van der Waals surface area contributed by atoms with Crippen molar-refractivity contribution in [3.05, 3.63) is 16.6 Å². The van der Waals surface area contributed by atoms with Crippen LogP contribution in [0.1, 0.15) is 18.0 Å². The van der Waals surface area contributed by atoms with E-state index >= 15 is 0 Å². The molecule has 0 unspecified atom stereocenters. The van der Waals surface area contributed by atoms with Crippen LogP contribution in [0, 0.1) is 0 Å². The summed E-state index contributed by atoms with van der Waals surface area (Å²) < 4.78 is 42.8. The molecular formula is C12H16F3N3O2S. The van der Waals surface area contributed by atoms with Gasteiger partial charge in [0, 0.05) is 18.1 Å². The Hall–Kier alpha value is -1.19. The molecule has 2 rings (SSSR count). The van der Waals surface area contributed by atoms with Crippen LogP contribution in [-0.4, -0.2) is 54.3 Å². The van der Waals surface area contributed by atoms with Crippen molar-refractivity contribution in [2.24, 2.45) is 0 Å². The summed E-state index contributed by atoms with van der Waals surface area (Å²) in [5, 5.41) is 5.17. The molecule has 0 saturated carbocycles. The first kappa shape index (κ1) is 16.2. The second-order valence-electron chi connectivity index (χ2n) is 4.78. The highest BCUT2D eigenvalue weighted by Gasteiger charge is 2.38. The second kappa shape index (κ2) is 6.71. The third kappa shape index (κ3) is 4.65. The van der Waals surface area contributed by atoms with Crippen molar-refractivity contribution in [1.82, 2.24) is 15.2 Å². The van der Waals surface area contributed by atoms with Crippen molar-refractivity contribution in [3.63, 3.8) is 0 Å². The molecule has 5 nitrogen and oxygen atoms in total. The van der Waals surface area contributed by atoms with Gasteiger partial charge in [0.2, 0.25) is 5.91 Å².